The Morgan fingerprint density at radius 2 is 1.90 bits per heavy atom. The molecule has 1 saturated carbocycles. The van der Waals surface area contributed by atoms with Gasteiger partial charge in [0.1, 0.15) is 0 Å². The molecular formula is C24H26N4O. The van der Waals surface area contributed by atoms with Crippen LogP contribution in [0.25, 0.3) is 33.4 Å². The highest BCUT2D eigenvalue weighted by molar-refractivity contribution is 5.87. The molecule has 1 N–H and O–H groups in total. The molecule has 5 nitrogen and oxygen atoms in total. The molecule has 0 amide bonds. The summed E-state index contributed by atoms with van der Waals surface area (Å²) in [5.74, 6) is 0. The summed E-state index contributed by atoms with van der Waals surface area (Å²) in [5, 5.41) is 7.48. The Kier molecular flexibility index (Phi) is 4.38. The molecule has 1 aliphatic carbocycles. The van der Waals surface area contributed by atoms with Crippen molar-refractivity contribution < 1.29 is 0 Å². The molecule has 2 aromatic carbocycles. The molecule has 0 saturated heterocycles. The van der Waals surface area contributed by atoms with Crippen LogP contribution in [-0.4, -0.2) is 19.3 Å². The van der Waals surface area contributed by atoms with Gasteiger partial charge in [-0.2, -0.15) is 5.10 Å². The van der Waals surface area contributed by atoms with Crippen LogP contribution in [0.2, 0.25) is 0 Å². The van der Waals surface area contributed by atoms with Crippen molar-refractivity contribution in [3.63, 3.8) is 0 Å². The predicted molar refractivity (Wildman–Crippen MR) is 117 cm³/mol. The van der Waals surface area contributed by atoms with Gasteiger partial charge in [0.15, 0.2) is 0 Å². The Bertz CT molecular complexity index is 1240. The smallest absolute Gasteiger partial charge is 0.292 e. The summed E-state index contributed by atoms with van der Waals surface area (Å²) < 4.78 is 3.94. The third-order valence-corrected chi connectivity index (χ3v) is 6.23. The number of aryl methyl sites for hydroxylation is 2. The topological polar surface area (TPSA) is 55.6 Å². The van der Waals surface area contributed by atoms with Crippen LogP contribution < -0.4 is 5.69 Å². The molecule has 0 aliphatic heterocycles. The molecule has 2 aromatic heterocycles. The van der Waals surface area contributed by atoms with E-state index in [0.717, 1.165) is 46.3 Å². The summed E-state index contributed by atoms with van der Waals surface area (Å²) in [6.07, 6.45) is 6.50. The molecule has 0 unspecified atom stereocenters. The van der Waals surface area contributed by atoms with Crippen LogP contribution in [-0.2, 0) is 6.54 Å². The highest BCUT2D eigenvalue weighted by Gasteiger charge is 2.23. The maximum atomic E-state index is 13.1. The van der Waals surface area contributed by atoms with Gasteiger partial charge >= 0.3 is 5.69 Å². The third-order valence-electron chi connectivity index (χ3n) is 6.23. The maximum absolute atomic E-state index is 13.1. The number of imidazole rings is 1. The van der Waals surface area contributed by atoms with Gasteiger partial charge in [0.2, 0.25) is 0 Å². The predicted octanol–water partition coefficient (Wildman–Crippen LogP) is 5.30. The number of fused-ring (bicyclic) bond motifs is 1. The quantitative estimate of drug-likeness (QED) is 0.517. The molecule has 4 aromatic rings. The number of nitrogens with zero attached hydrogens (tertiary/aromatic N) is 3. The number of aromatic nitrogens is 4. The average molecular weight is 386 g/mol. The highest BCUT2D eigenvalue weighted by atomic mass is 16.1. The van der Waals surface area contributed by atoms with Gasteiger partial charge in [0.05, 0.1) is 22.9 Å². The van der Waals surface area contributed by atoms with Crippen LogP contribution in [0.4, 0.5) is 0 Å². The van der Waals surface area contributed by atoms with Crippen molar-refractivity contribution in [1.82, 2.24) is 19.3 Å². The number of nitrogens with one attached hydrogen (secondary N) is 1. The van der Waals surface area contributed by atoms with Gasteiger partial charge < -0.3 is 0 Å². The van der Waals surface area contributed by atoms with Gasteiger partial charge in [-0.3, -0.25) is 14.2 Å². The Hall–Kier alpha value is -3.08. The van der Waals surface area contributed by atoms with Crippen molar-refractivity contribution in [3.05, 3.63) is 64.7 Å². The lowest BCUT2D eigenvalue weighted by Gasteiger charge is -2.11. The fraction of sp³-hybridized carbons (Fsp3) is 0.333. The number of benzene rings is 2. The standard InChI is InChI=1S/C24H26N4O/c1-3-27-22-14-17(11-12-21(22)28(24(27)29)19-9-4-5-10-19)20-15-25-26-23(20)18-8-6-7-16(2)13-18/h6-8,11-15,19H,3-5,9-10H2,1-2H3,(H,25,26). The first kappa shape index (κ1) is 18.0. The largest absolute Gasteiger partial charge is 0.329 e. The third kappa shape index (κ3) is 2.92. The van der Waals surface area contributed by atoms with Crippen molar-refractivity contribution in [2.75, 3.05) is 0 Å². The summed E-state index contributed by atoms with van der Waals surface area (Å²) in [4.78, 5) is 13.1. The van der Waals surface area contributed by atoms with Crippen LogP contribution >= 0.6 is 0 Å². The average Bonchev–Trinajstić information content (AvgIpc) is 3.46. The molecule has 1 aliphatic rings. The van der Waals surface area contributed by atoms with E-state index in [0.29, 0.717) is 12.6 Å². The molecule has 0 radical (unpaired) electrons. The number of hydrogen-bond donors (Lipinski definition) is 1. The summed E-state index contributed by atoms with van der Waals surface area (Å²) in [6.45, 7) is 4.81. The van der Waals surface area contributed by atoms with E-state index in [1.54, 1.807) is 0 Å². The molecule has 0 spiro atoms. The van der Waals surface area contributed by atoms with E-state index in [4.69, 9.17) is 0 Å². The second kappa shape index (κ2) is 7.07. The van der Waals surface area contributed by atoms with Crippen LogP contribution in [0.15, 0.2) is 53.5 Å². The first-order valence-electron chi connectivity index (χ1n) is 10.5. The van der Waals surface area contributed by atoms with E-state index < -0.39 is 0 Å². The second-order valence-electron chi connectivity index (χ2n) is 8.07. The summed E-state index contributed by atoms with van der Waals surface area (Å²) in [5.41, 5.74) is 7.66. The fourth-order valence-electron chi connectivity index (χ4n) is 4.79. The monoisotopic (exact) mass is 386 g/mol. The number of H-pyrrole nitrogens is 1. The normalized spacial score (nSPS) is 14.8. The molecule has 5 heteroatoms. The van der Waals surface area contributed by atoms with Crippen LogP contribution in [0, 0.1) is 6.92 Å². The molecule has 0 bridgehead atoms. The van der Waals surface area contributed by atoms with E-state index in [1.807, 2.05) is 22.3 Å². The van der Waals surface area contributed by atoms with Gasteiger partial charge in [-0.15, -0.1) is 0 Å². The van der Waals surface area contributed by atoms with Gasteiger partial charge in [-0.1, -0.05) is 42.7 Å². The number of rotatable bonds is 4. The van der Waals surface area contributed by atoms with E-state index in [1.165, 1.54) is 18.4 Å². The number of hydrogen-bond acceptors (Lipinski definition) is 2. The Morgan fingerprint density at radius 1 is 1.07 bits per heavy atom. The lowest BCUT2D eigenvalue weighted by atomic mass is 10.0. The molecular weight excluding hydrogens is 360 g/mol. The van der Waals surface area contributed by atoms with Gasteiger partial charge in [-0.25, -0.2) is 4.79 Å². The second-order valence-corrected chi connectivity index (χ2v) is 8.07. The number of aromatic amines is 1. The molecule has 0 atom stereocenters. The Balaban J connectivity index is 1.67. The van der Waals surface area contributed by atoms with Crippen molar-refractivity contribution >= 4 is 11.0 Å². The summed E-state index contributed by atoms with van der Waals surface area (Å²) in [7, 11) is 0. The zero-order valence-corrected chi connectivity index (χ0v) is 17.0. The van der Waals surface area contributed by atoms with Crippen LogP contribution in [0.1, 0.15) is 44.2 Å². The first-order valence-corrected chi connectivity index (χ1v) is 10.5. The maximum Gasteiger partial charge on any atom is 0.329 e. The Morgan fingerprint density at radius 3 is 2.66 bits per heavy atom. The van der Waals surface area contributed by atoms with Crippen LogP contribution in [0.3, 0.4) is 0 Å². The van der Waals surface area contributed by atoms with E-state index in [2.05, 4.69) is 59.6 Å². The molecule has 2 heterocycles. The van der Waals surface area contributed by atoms with Gasteiger partial charge in [0, 0.05) is 23.7 Å². The zero-order chi connectivity index (χ0) is 20.0. The lowest BCUT2D eigenvalue weighted by Crippen LogP contribution is -2.26. The van der Waals surface area contributed by atoms with E-state index >= 15 is 0 Å². The van der Waals surface area contributed by atoms with Crippen molar-refractivity contribution in [2.24, 2.45) is 0 Å². The molecule has 1 fully saturated rings. The van der Waals surface area contributed by atoms with E-state index in [9.17, 15) is 4.79 Å². The van der Waals surface area contributed by atoms with Gasteiger partial charge in [-0.05, 0) is 50.5 Å². The first-order chi connectivity index (χ1) is 14.2. The minimum atomic E-state index is 0.123. The van der Waals surface area contributed by atoms with Crippen molar-refractivity contribution in [3.8, 4) is 22.4 Å². The van der Waals surface area contributed by atoms with Crippen molar-refractivity contribution in [2.45, 2.75) is 52.1 Å². The van der Waals surface area contributed by atoms with E-state index in [-0.39, 0.29) is 5.69 Å². The molecule has 5 rings (SSSR count). The minimum absolute atomic E-state index is 0.123. The molecule has 29 heavy (non-hydrogen) atoms. The molecule has 148 valence electrons. The summed E-state index contributed by atoms with van der Waals surface area (Å²) in [6, 6.07) is 15.1. The fourth-order valence-corrected chi connectivity index (χ4v) is 4.79. The SMILES string of the molecule is CCn1c(=O)n(C2CCCC2)c2ccc(-c3cn[nH]c3-c3cccc(C)c3)cc21. The lowest BCUT2D eigenvalue weighted by molar-refractivity contribution is 0.504. The summed E-state index contributed by atoms with van der Waals surface area (Å²) >= 11 is 0. The van der Waals surface area contributed by atoms with Gasteiger partial charge in [0.25, 0.3) is 0 Å². The zero-order valence-electron chi connectivity index (χ0n) is 17.0. The minimum Gasteiger partial charge on any atom is -0.292 e. The highest BCUT2D eigenvalue weighted by Crippen LogP contribution is 2.35. The van der Waals surface area contributed by atoms with Crippen molar-refractivity contribution in [1.29, 1.82) is 0 Å². The van der Waals surface area contributed by atoms with Crippen LogP contribution in [0.5, 0.6) is 0 Å². The Labute approximate surface area is 170 Å².